The van der Waals surface area contributed by atoms with E-state index in [0.29, 0.717) is 5.69 Å². The third kappa shape index (κ3) is 2.97. The van der Waals surface area contributed by atoms with Gasteiger partial charge >= 0.3 is 0 Å². The lowest BCUT2D eigenvalue weighted by Crippen LogP contribution is -2.11. The van der Waals surface area contributed by atoms with E-state index in [1.807, 2.05) is 0 Å². The average molecular weight is 282 g/mol. The number of aromatic nitrogens is 1. The van der Waals surface area contributed by atoms with Crippen LogP contribution in [0.25, 0.3) is 0 Å². The number of nitrogens with zero attached hydrogens (tertiary/aromatic N) is 3. The van der Waals surface area contributed by atoms with Crippen LogP contribution < -0.4 is 4.90 Å². The lowest BCUT2D eigenvalue weighted by Gasteiger charge is -2.18. The van der Waals surface area contributed by atoms with Crippen molar-refractivity contribution >= 4 is 28.8 Å². The van der Waals surface area contributed by atoms with Gasteiger partial charge in [-0.1, -0.05) is 17.7 Å². The van der Waals surface area contributed by atoms with Crippen molar-refractivity contribution in [3.63, 3.8) is 0 Å². The van der Waals surface area contributed by atoms with E-state index in [-0.39, 0.29) is 16.7 Å². The molecule has 1 heterocycles. The molecule has 0 saturated heterocycles. The molecule has 0 atom stereocenters. The summed E-state index contributed by atoms with van der Waals surface area (Å²) in [5.41, 5.74) is 0.349. The largest absolute Gasteiger partial charge is 0.329 e. The molecule has 0 N–H and O–H groups in total. The molecular formula is C12H9ClFN3O2. The third-order valence-corrected chi connectivity index (χ3v) is 2.71. The smallest absolute Gasteiger partial charge is 0.276 e. The number of nitro groups is 1. The summed E-state index contributed by atoms with van der Waals surface area (Å²) in [6.07, 6.45) is 0. The van der Waals surface area contributed by atoms with E-state index in [9.17, 15) is 14.5 Å². The Morgan fingerprint density at radius 1 is 1.37 bits per heavy atom. The molecule has 98 valence electrons. The summed E-state index contributed by atoms with van der Waals surface area (Å²) in [6.45, 7) is 0. The van der Waals surface area contributed by atoms with Crippen molar-refractivity contribution in [2.45, 2.75) is 0 Å². The topological polar surface area (TPSA) is 59.3 Å². The summed E-state index contributed by atoms with van der Waals surface area (Å²) in [5.74, 6) is -0.134. The first kappa shape index (κ1) is 13.2. The normalized spacial score (nSPS) is 10.3. The van der Waals surface area contributed by atoms with Crippen molar-refractivity contribution in [2.24, 2.45) is 0 Å². The minimum atomic E-state index is -0.559. The van der Waals surface area contributed by atoms with Crippen LogP contribution in [-0.2, 0) is 0 Å². The van der Waals surface area contributed by atoms with E-state index < -0.39 is 10.7 Å². The molecule has 0 amide bonds. The van der Waals surface area contributed by atoms with Crippen LogP contribution in [0.2, 0.25) is 5.15 Å². The van der Waals surface area contributed by atoms with Gasteiger partial charge in [-0.3, -0.25) is 10.1 Å². The van der Waals surface area contributed by atoms with Crippen molar-refractivity contribution < 1.29 is 9.31 Å². The molecule has 0 bridgehead atoms. The molecule has 0 spiro atoms. The maximum absolute atomic E-state index is 13.1. The fourth-order valence-electron chi connectivity index (χ4n) is 1.56. The molecule has 0 aliphatic rings. The molecule has 7 heteroatoms. The minimum Gasteiger partial charge on any atom is -0.329 e. The lowest BCUT2D eigenvalue weighted by atomic mass is 10.3. The maximum atomic E-state index is 13.1. The predicted octanol–water partition coefficient (Wildman–Crippen LogP) is 3.55. The quantitative estimate of drug-likeness (QED) is 0.490. The zero-order valence-corrected chi connectivity index (χ0v) is 10.6. The summed E-state index contributed by atoms with van der Waals surface area (Å²) in [5, 5.41) is 10.8. The highest BCUT2D eigenvalue weighted by Crippen LogP contribution is 2.27. The van der Waals surface area contributed by atoms with Crippen LogP contribution in [0.15, 0.2) is 36.4 Å². The Balaban J connectivity index is 2.43. The molecule has 1 aromatic carbocycles. The number of rotatable bonds is 3. The highest BCUT2D eigenvalue weighted by molar-refractivity contribution is 6.29. The molecular weight excluding hydrogens is 273 g/mol. The van der Waals surface area contributed by atoms with Crippen LogP contribution in [0.5, 0.6) is 0 Å². The Morgan fingerprint density at radius 3 is 2.74 bits per heavy atom. The van der Waals surface area contributed by atoms with Crippen molar-refractivity contribution in [1.29, 1.82) is 0 Å². The molecule has 0 unspecified atom stereocenters. The van der Waals surface area contributed by atoms with Gasteiger partial charge < -0.3 is 4.90 Å². The lowest BCUT2D eigenvalue weighted by molar-refractivity contribution is -0.384. The second kappa shape index (κ2) is 5.19. The highest BCUT2D eigenvalue weighted by atomic mass is 35.5. The fourth-order valence-corrected chi connectivity index (χ4v) is 1.76. The van der Waals surface area contributed by atoms with Gasteiger partial charge in [0.25, 0.3) is 5.69 Å². The second-order valence-electron chi connectivity index (χ2n) is 3.80. The van der Waals surface area contributed by atoms with Gasteiger partial charge in [0.1, 0.15) is 16.8 Å². The summed E-state index contributed by atoms with van der Waals surface area (Å²) in [4.78, 5) is 15.7. The third-order valence-electron chi connectivity index (χ3n) is 2.52. The van der Waals surface area contributed by atoms with Gasteiger partial charge in [0, 0.05) is 12.7 Å². The van der Waals surface area contributed by atoms with Gasteiger partial charge in [-0.15, -0.1) is 0 Å². The van der Waals surface area contributed by atoms with E-state index in [1.54, 1.807) is 19.2 Å². The van der Waals surface area contributed by atoms with Crippen LogP contribution in [0.1, 0.15) is 0 Å². The van der Waals surface area contributed by atoms with Crippen molar-refractivity contribution in [3.8, 4) is 0 Å². The van der Waals surface area contributed by atoms with Gasteiger partial charge in [-0.2, -0.15) is 0 Å². The first-order valence-corrected chi connectivity index (χ1v) is 5.66. The van der Waals surface area contributed by atoms with Crippen LogP contribution in [0.3, 0.4) is 0 Å². The summed E-state index contributed by atoms with van der Waals surface area (Å²) >= 11 is 5.74. The van der Waals surface area contributed by atoms with Gasteiger partial charge in [0.15, 0.2) is 0 Å². The zero-order valence-electron chi connectivity index (χ0n) is 9.88. The van der Waals surface area contributed by atoms with Gasteiger partial charge in [0.05, 0.1) is 17.1 Å². The molecule has 0 radical (unpaired) electrons. The van der Waals surface area contributed by atoms with E-state index in [0.717, 1.165) is 6.07 Å². The fraction of sp³-hybridized carbons (Fsp3) is 0.0833. The Bertz CT molecular complexity index is 636. The SMILES string of the molecule is CN(c1cccc(F)c1)c1cc([N+](=O)[O-])cc(Cl)n1. The molecule has 0 fully saturated rings. The minimum absolute atomic E-state index is 0.00690. The number of benzene rings is 1. The molecule has 0 aliphatic carbocycles. The standard InChI is InChI=1S/C12H9ClFN3O2/c1-16(9-4-2-3-8(14)5-9)12-7-10(17(18)19)6-11(13)15-12/h2-7H,1H3. The number of halogens is 2. The molecule has 0 saturated carbocycles. The predicted molar refractivity (Wildman–Crippen MR) is 70.4 cm³/mol. The molecule has 0 aliphatic heterocycles. The molecule has 1 aromatic heterocycles. The number of pyridine rings is 1. The Morgan fingerprint density at radius 2 is 2.11 bits per heavy atom. The van der Waals surface area contributed by atoms with E-state index in [2.05, 4.69) is 4.98 Å². The summed E-state index contributed by atoms with van der Waals surface area (Å²) in [7, 11) is 1.62. The molecule has 2 aromatic rings. The second-order valence-corrected chi connectivity index (χ2v) is 4.19. The van der Waals surface area contributed by atoms with Crippen molar-refractivity contribution in [3.05, 3.63) is 57.5 Å². The summed E-state index contributed by atoms with van der Waals surface area (Å²) < 4.78 is 13.1. The van der Waals surface area contributed by atoms with Crippen LogP contribution in [0.4, 0.5) is 21.6 Å². The van der Waals surface area contributed by atoms with Crippen LogP contribution in [0, 0.1) is 15.9 Å². The highest BCUT2D eigenvalue weighted by Gasteiger charge is 2.14. The molecule has 19 heavy (non-hydrogen) atoms. The van der Waals surface area contributed by atoms with Gasteiger partial charge in [0.2, 0.25) is 0 Å². The van der Waals surface area contributed by atoms with E-state index in [4.69, 9.17) is 11.6 Å². The number of hydrogen-bond acceptors (Lipinski definition) is 4. The van der Waals surface area contributed by atoms with Gasteiger partial charge in [-0.05, 0) is 18.2 Å². The van der Waals surface area contributed by atoms with Crippen LogP contribution in [-0.4, -0.2) is 17.0 Å². The number of anilines is 2. The Labute approximate surface area is 113 Å². The van der Waals surface area contributed by atoms with E-state index in [1.165, 1.54) is 23.1 Å². The molecule has 2 rings (SSSR count). The maximum Gasteiger partial charge on any atom is 0.276 e. The Hall–Kier alpha value is -2.21. The average Bonchev–Trinajstić information content (AvgIpc) is 2.37. The first-order chi connectivity index (χ1) is 8.97. The summed E-state index contributed by atoms with van der Waals surface area (Å²) in [6, 6.07) is 8.25. The van der Waals surface area contributed by atoms with Crippen molar-refractivity contribution in [1.82, 2.24) is 4.98 Å². The number of hydrogen-bond donors (Lipinski definition) is 0. The van der Waals surface area contributed by atoms with E-state index >= 15 is 0 Å². The zero-order chi connectivity index (χ0) is 14.0. The van der Waals surface area contributed by atoms with Gasteiger partial charge in [-0.25, -0.2) is 9.37 Å². The molecule has 5 nitrogen and oxygen atoms in total. The Kier molecular flexibility index (Phi) is 3.62. The first-order valence-electron chi connectivity index (χ1n) is 5.28. The van der Waals surface area contributed by atoms with Crippen molar-refractivity contribution in [2.75, 3.05) is 11.9 Å². The monoisotopic (exact) mass is 281 g/mol. The van der Waals surface area contributed by atoms with Crippen LogP contribution >= 0.6 is 11.6 Å².